The van der Waals surface area contributed by atoms with Gasteiger partial charge in [-0.3, -0.25) is 0 Å². The highest BCUT2D eigenvalue weighted by molar-refractivity contribution is 5.43. The number of benzene rings is 2. The van der Waals surface area contributed by atoms with E-state index in [1.807, 2.05) is 6.07 Å². The van der Waals surface area contributed by atoms with E-state index in [4.69, 9.17) is 15.7 Å². The summed E-state index contributed by atoms with van der Waals surface area (Å²) in [6, 6.07) is 12.8. The molecule has 0 heterocycles. The molecule has 0 aliphatic carbocycles. The fraction of sp³-hybridized carbons (Fsp3) is 0.133. The van der Waals surface area contributed by atoms with E-state index in [1.165, 1.54) is 6.07 Å². The van der Waals surface area contributed by atoms with Crippen molar-refractivity contribution in [3.63, 3.8) is 0 Å². The zero-order valence-corrected chi connectivity index (χ0v) is 10.4. The third-order valence-electron chi connectivity index (χ3n) is 2.67. The number of hydrogen-bond donors (Lipinski definition) is 1. The molecule has 1 atom stereocenters. The lowest BCUT2D eigenvalue weighted by Gasteiger charge is -2.14. The molecule has 0 fully saturated rings. The zero-order valence-electron chi connectivity index (χ0n) is 10.4. The van der Waals surface area contributed by atoms with Crippen LogP contribution in [-0.2, 0) is 0 Å². The lowest BCUT2D eigenvalue weighted by Crippen LogP contribution is -2.07. The summed E-state index contributed by atoms with van der Waals surface area (Å²) in [6.07, 6.45) is 0. The van der Waals surface area contributed by atoms with Crippen molar-refractivity contribution < 1.29 is 9.13 Å². The molecule has 2 rings (SSSR count). The van der Waals surface area contributed by atoms with Crippen molar-refractivity contribution in [2.45, 2.75) is 13.0 Å². The lowest BCUT2D eigenvalue weighted by molar-refractivity contribution is 0.432. The van der Waals surface area contributed by atoms with Crippen molar-refractivity contribution in [2.75, 3.05) is 0 Å². The first-order valence-electron chi connectivity index (χ1n) is 5.84. The maximum absolute atomic E-state index is 13.8. The fourth-order valence-corrected chi connectivity index (χ4v) is 1.74. The van der Waals surface area contributed by atoms with Gasteiger partial charge in [0.1, 0.15) is 5.75 Å². The topological polar surface area (TPSA) is 59.0 Å². The molecular formula is C15H13FN2O. The van der Waals surface area contributed by atoms with E-state index in [2.05, 4.69) is 0 Å². The number of nitriles is 1. The second-order valence-electron chi connectivity index (χ2n) is 4.19. The van der Waals surface area contributed by atoms with E-state index >= 15 is 0 Å². The van der Waals surface area contributed by atoms with E-state index in [9.17, 15) is 4.39 Å². The monoisotopic (exact) mass is 256 g/mol. The third-order valence-corrected chi connectivity index (χ3v) is 2.67. The smallest absolute Gasteiger partial charge is 0.167 e. The molecule has 0 aliphatic heterocycles. The van der Waals surface area contributed by atoms with Crippen LogP contribution in [0.25, 0.3) is 0 Å². The van der Waals surface area contributed by atoms with Crippen molar-refractivity contribution in [1.82, 2.24) is 0 Å². The minimum Gasteiger partial charge on any atom is -0.454 e. The number of nitrogens with two attached hydrogens (primary N) is 1. The van der Waals surface area contributed by atoms with Gasteiger partial charge in [-0.25, -0.2) is 4.39 Å². The van der Waals surface area contributed by atoms with Gasteiger partial charge >= 0.3 is 0 Å². The first-order chi connectivity index (χ1) is 9.11. The second-order valence-corrected chi connectivity index (χ2v) is 4.19. The molecule has 0 saturated carbocycles. The molecule has 2 N–H and O–H groups in total. The Morgan fingerprint density at radius 3 is 2.68 bits per heavy atom. The summed E-state index contributed by atoms with van der Waals surface area (Å²) in [6.45, 7) is 1.76. The maximum atomic E-state index is 13.8. The average Bonchev–Trinajstić information content (AvgIpc) is 2.41. The van der Waals surface area contributed by atoms with E-state index in [-0.39, 0.29) is 11.8 Å². The van der Waals surface area contributed by atoms with Crippen LogP contribution in [0.1, 0.15) is 24.1 Å². The van der Waals surface area contributed by atoms with Crippen LogP contribution in [0.2, 0.25) is 0 Å². The molecule has 0 aromatic heterocycles. The van der Waals surface area contributed by atoms with Crippen LogP contribution in [-0.4, -0.2) is 0 Å². The van der Waals surface area contributed by atoms with Crippen LogP contribution in [0, 0.1) is 17.1 Å². The SMILES string of the molecule is C[C@@H](N)c1cccc(F)c1Oc1cccc(C#N)c1. The molecule has 2 aromatic rings. The molecule has 2 aromatic carbocycles. The Kier molecular flexibility index (Phi) is 3.79. The molecule has 19 heavy (non-hydrogen) atoms. The summed E-state index contributed by atoms with van der Waals surface area (Å²) < 4.78 is 19.4. The summed E-state index contributed by atoms with van der Waals surface area (Å²) in [5.74, 6) is 0.0378. The Balaban J connectivity index is 2.40. The number of para-hydroxylation sites is 1. The van der Waals surface area contributed by atoms with Gasteiger partial charge in [-0.2, -0.15) is 5.26 Å². The van der Waals surface area contributed by atoms with Gasteiger partial charge in [0, 0.05) is 11.6 Å². The van der Waals surface area contributed by atoms with Crippen molar-refractivity contribution in [2.24, 2.45) is 5.73 Å². The molecule has 0 saturated heterocycles. The molecule has 0 bridgehead atoms. The normalized spacial score (nSPS) is 11.7. The number of hydrogen-bond acceptors (Lipinski definition) is 3. The van der Waals surface area contributed by atoms with Gasteiger partial charge in [0.15, 0.2) is 11.6 Å². The predicted molar refractivity (Wildman–Crippen MR) is 70.2 cm³/mol. The van der Waals surface area contributed by atoms with Gasteiger partial charge in [0.05, 0.1) is 11.6 Å². The average molecular weight is 256 g/mol. The highest BCUT2D eigenvalue weighted by Gasteiger charge is 2.14. The van der Waals surface area contributed by atoms with E-state index in [1.54, 1.807) is 43.3 Å². The summed E-state index contributed by atoms with van der Waals surface area (Å²) in [7, 11) is 0. The highest BCUT2D eigenvalue weighted by Crippen LogP contribution is 2.31. The maximum Gasteiger partial charge on any atom is 0.167 e. The van der Waals surface area contributed by atoms with Crippen molar-refractivity contribution in [3.8, 4) is 17.6 Å². The van der Waals surface area contributed by atoms with Crippen LogP contribution in [0.15, 0.2) is 42.5 Å². The highest BCUT2D eigenvalue weighted by atomic mass is 19.1. The number of ether oxygens (including phenoxy) is 1. The van der Waals surface area contributed by atoms with E-state index in [0.717, 1.165) is 0 Å². The quantitative estimate of drug-likeness (QED) is 0.914. The molecule has 4 heteroatoms. The van der Waals surface area contributed by atoms with Gasteiger partial charge < -0.3 is 10.5 Å². The Bertz CT molecular complexity index is 632. The number of rotatable bonds is 3. The minimum atomic E-state index is -0.475. The van der Waals surface area contributed by atoms with Crippen LogP contribution in [0.4, 0.5) is 4.39 Å². The Labute approximate surface area is 111 Å². The van der Waals surface area contributed by atoms with Gasteiger partial charge in [-0.15, -0.1) is 0 Å². The molecular weight excluding hydrogens is 243 g/mol. The van der Waals surface area contributed by atoms with Gasteiger partial charge in [0.25, 0.3) is 0 Å². The van der Waals surface area contributed by atoms with Crippen molar-refractivity contribution >= 4 is 0 Å². The summed E-state index contributed by atoms with van der Waals surface area (Å²) in [5.41, 5.74) is 6.83. The zero-order chi connectivity index (χ0) is 13.8. The molecule has 0 unspecified atom stereocenters. The Morgan fingerprint density at radius 1 is 1.26 bits per heavy atom. The largest absolute Gasteiger partial charge is 0.454 e. The third kappa shape index (κ3) is 2.90. The number of halogens is 1. The minimum absolute atomic E-state index is 0.104. The van der Waals surface area contributed by atoms with Crippen LogP contribution in [0.3, 0.4) is 0 Å². The van der Waals surface area contributed by atoms with Gasteiger partial charge in [-0.1, -0.05) is 18.2 Å². The first kappa shape index (κ1) is 13.1. The Morgan fingerprint density at radius 2 is 2.00 bits per heavy atom. The summed E-state index contributed by atoms with van der Waals surface area (Å²) in [4.78, 5) is 0. The molecule has 0 radical (unpaired) electrons. The second kappa shape index (κ2) is 5.51. The summed E-state index contributed by atoms with van der Waals surface area (Å²) in [5, 5.41) is 8.83. The Hall–Kier alpha value is -2.38. The molecule has 96 valence electrons. The molecule has 3 nitrogen and oxygen atoms in total. The van der Waals surface area contributed by atoms with E-state index in [0.29, 0.717) is 16.9 Å². The molecule has 0 spiro atoms. The van der Waals surface area contributed by atoms with Crippen LogP contribution < -0.4 is 10.5 Å². The van der Waals surface area contributed by atoms with E-state index < -0.39 is 5.82 Å². The standard InChI is InChI=1S/C15H13FN2O/c1-10(18)13-6-3-7-14(16)15(13)19-12-5-2-4-11(8-12)9-17/h2-8,10H,18H2,1H3/t10-/m1/s1. The fourth-order valence-electron chi connectivity index (χ4n) is 1.74. The van der Waals surface area contributed by atoms with Crippen molar-refractivity contribution in [3.05, 3.63) is 59.4 Å². The predicted octanol–water partition coefficient (Wildman–Crippen LogP) is 3.51. The first-order valence-corrected chi connectivity index (χ1v) is 5.84. The number of nitrogens with zero attached hydrogens (tertiary/aromatic N) is 1. The summed E-state index contributed by atoms with van der Waals surface area (Å²) >= 11 is 0. The van der Waals surface area contributed by atoms with Gasteiger partial charge in [-0.05, 0) is 31.2 Å². The molecule has 0 amide bonds. The molecule has 0 aliphatic rings. The van der Waals surface area contributed by atoms with Gasteiger partial charge in [0.2, 0.25) is 0 Å². The van der Waals surface area contributed by atoms with Crippen LogP contribution in [0.5, 0.6) is 11.5 Å². The van der Waals surface area contributed by atoms with Crippen LogP contribution >= 0.6 is 0 Å². The lowest BCUT2D eigenvalue weighted by atomic mass is 10.1. The van der Waals surface area contributed by atoms with Crippen molar-refractivity contribution in [1.29, 1.82) is 5.26 Å².